The summed E-state index contributed by atoms with van der Waals surface area (Å²) in [5.74, 6) is 0. The van der Waals surface area contributed by atoms with Crippen LogP contribution in [0.1, 0.15) is 24.8 Å². The number of hydrogen-bond donors (Lipinski definition) is 1. The molecule has 1 aromatic rings. The first-order valence-corrected chi connectivity index (χ1v) is 5.60. The molecule has 2 N–H and O–H groups in total. The Hall–Kier alpha value is -0.930. The van der Waals surface area contributed by atoms with E-state index in [1.807, 2.05) is 12.3 Å². The lowest BCUT2D eigenvalue weighted by atomic mass is 10.2. The first-order valence-electron chi connectivity index (χ1n) is 5.60. The van der Waals surface area contributed by atoms with Gasteiger partial charge in [-0.05, 0) is 43.9 Å². The molecule has 1 rings (SSSR count). The maximum absolute atomic E-state index is 5.48. The quantitative estimate of drug-likeness (QED) is 0.662. The summed E-state index contributed by atoms with van der Waals surface area (Å²) < 4.78 is 5.48. The van der Waals surface area contributed by atoms with Gasteiger partial charge in [0.25, 0.3) is 0 Å². The van der Waals surface area contributed by atoms with Crippen LogP contribution in [0.15, 0.2) is 24.5 Å². The molecule has 0 spiro atoms. The van der Waals surface area contributed by atoms with Crippen LogP contribution in [0, 0.1) is 0 Å². The molecule has 0 aliphatic carbocycles. The maximum Gasteiger partial charge on any atom is 0.0469 e. The van der Waals surface area contributed by atoms with Gasteiger partial charge in [0.15, 0.2) is 0 Å². The Kier molecular flexibility index (Phi) is 6.79. The Morgan fingerprint density at radius 1 is 1.20 bits per heavy atom. The second-order valence-corrected chi connectivity index (χ2v) is 3.57. The van der Waals surface area contributed by atoms with Crippen molar-refractivity contribution in [2.45, 2.75) is 25.7 Å². The Labute approximate surface area is 91.7 Å². The molecule has 84 valence electrons. The third kappa shape index (κ3) is 6.20. The van der Waals surface area contributed by atoms with Gasteiger partial charge in [-0.1, -0.05) is 6.07 Å². The van der Waals surface area contributed by atoms with Crippen molar-refractivity contribution in [3.05, 3.63) is 30.1 Å². The maximum atomic E-state index is 5.48. The lowest BCUT2D eigenvalue weighted by Gasteiger charge is -2.03. The first-order chi connectivity index (χ1) is 7.43. The molecular weight excluding hydrogens is 188 g/mol. The van der Waals surface area contributed by atoms with Crippen molar-refractivity contribution in [1.29, 1.82) is 0 Å². The monoisotopic (exact) mass is 208 g/mol. The SMILES string of the molecule is NCCCCOCCCc1cccnc1. The van der Waals surface area contributed by atoms with Crippen LogP contribution in [0.3, 0.4) is 0 Å². The van der Waals surface area contributed by atoms with E-state index in [0.29, 0.717) is 0 Å². The molecule has 15 heavy (non-hydrogen) atoms. The molecule has 0 saturated heterocycles. The summed E-state index contributed by atoms with van der Waals surface area (Å²) in [6.45, 7) is 2.43. The van der Waals surface area contributed by atoms with Crippen LogP contribution in [0.5, 0.6) is 0 Å². The molecule has 0 aliphatic heterocycles. The molecule has 0 unspecified atom stereocenters. The third-order valence-corrected chi connectivity index (χ3v) is 2.22. The normalized spacial score (nSPS) is 10.5. The molecule has 3 nitrogen and oxygen atoms in total. The molecule has 0 bridgehead atoms. The first kappa shape index (κ1) is 12.1. The van der Waals surface area contributed by atoms with Gasteiger partial charge in [-0.25, -0.2) is 0 Å². The van der Waals surface area contributed by atoms with Crippen LogP contribution in [-0.4, -0.2) is 24.7 Å². The number of nitrogens with two attached hydrogens (primary N) is 1. The summed E-state index contributed by atoms with van der Waals surface area (Å²) in [5, 5.41) is 0. The Balaban J connectivity index is 1.93. The van der Waals surface area contributed by atoms with Gasteiger partial charge < -0.3 is 10.5 Å². The minimum Gasteiger partial charge on any atom is -0.381 e. The van der Waals surface area contributed by atoms with Gasteiger partial charge in [-0.3, -0.25) is 4.98 Å². The van der Waals surface area contributed by atoms with Crippen LogP contribution >= 0.6 is 0 Å². The van der Waals surface area contributed by atoms with E-state index >= 15 is 0 Å². The standard InChI is InChI=1S/C12H20N2O/c13-7-1-2-9-15-10-4-6-12-5-3-8-14-11-12/h3,5,8,11H,1-2,4,6-7,9-10,13H2. The van der Waals surface area contributed by atoms with E-state index in [4.69, 9.17) is 10.5 Å². The summed E-state index contributed by atoms with van der Waals surface area (Å²) >= 11 is 0. The fraction of sp³-hybridized carbons (Fsp3) is 0.583. The van der Waals surface area contributed by atoms with Crippen molar-refractivity contribution >= 4 is 0 Å². The zero-order chi connectivity index (χ0) is 10.8. The summed E-state index contributed by atoms with van der Waals surface area (Å²) in [7, 11) is 0. The van der Waals surface area contributed by atoms with Gasteiger partial charge in [0.1, 0.15) is 0 Å². The summed E-state index contributed by atoms with van der Waals surface area (Å²) in [4.78, 5) is 4.07. The van der Waals surface area contributed by atoms with Gasteiger partial charge in [-0.15, -0.1) is 0 Å². The van der Waals surface area contributed by atoms with Crippen LogP contribution in [0.4, 0.5) is 0 Å². The van der Waals surface area contributed by atoms with E-state index < -0.39 is 0 Å². The molecule has 1 aromatic heterocycles. The summed E-state index contributed by atoms with van der Waals surface area (Å²) in [5.41, 5.74) is 6.66. The lowest BCUT2D eigenvalue weighted by molar-refractivity contribution is 0.128. The van der Waals surface area contributed by atoms with Gasteiger partial charge in [0, 0.05) is 25.6 Å². The fourth-order valence-corrected chi connectivity index (χ4v) is 1.37. The highest BCUT2D eigenvalue weighted by Crippen LogP contribution is 2.00. The minimum atomic E-state index is 0.763. The number of ether oxygens (including phenoxy) is 1. The van der Waals surface area contributed by atoms with Crippen molar-refractivity contribution in [2.75, 3.05) is 19.8 Å². The average molecular weight is 208 g/mol. The second-order valence-electron chi connectivity index (χ2n) is 3.57. The highest BCUT2D eigenvalue weighted by atomic mass is 16.5. The van der Waals surface area contributed by atoms with Crippen LogP contribution in [-0.2, 0) is 11.2 Å². The van der Waals surface area contributed by atoms with E-state index in [0.717, 1.165) is 45.4 Å². The Morgan fingerprint density at radius 2 is 2.07 bits per heavy atom. The Bertz CT molecular complexity index is 239. The summed E-state index contributed by atoms with van der Waals surface area (Å²) in [6, 6.07) is 4.07. The van der Waals surface area contributed by atoms with Gasteiger partial charge in [0.05, 0.1) is 0 Å². The van der Waals surface area contributed by atoms with E-state index in [9.17, 15) is 0 Å². The topological polar surface area (TPSA) is 48.1 Å². The molecular formula is C12H20N2O. The van der Waals surface area contributed by atoms with E-state index in [1.54, 1.807) is 6.20 Å². The van der Waals surface area contributed by atoms with Crippen LogP contribution < -0.4 is 5.73 Å². The van der Waals surface area contributed by atoms with Crippen molar-refractivity contribution in [3.63, 3.8) is 0 Å². The third-order valence-electron chi connectivity index (χ3n) is 2.22. The number of nitrogens with zero attached hydrogens (tertiary/aromatic N) is 1. The molecule has 0 saturated carbocycles. The number of hydrogen-bond acceptors (Lipinski definition) is 3. The minimum absolute atomic E-state index is 0.763. The number of unbranched alkanes of at least 4 members (excludes halogenated alkanes) is 1. The van der Waals surface area contributed by atoms with Crippen LogP contribution in [0.2, 0.25) is 0 Å². The van der Waals surface area contributed by atoms with E-state index in [-0.39, 0.29) is 0 Å². The highest BCUT2D eigenvalue weighted by Gasteiger charge is 1.93. The summed E-state index contributed by atoms with van der Waals surface area (Å²) in [6.07, 6.45) is 7.95. The molecule has 0 amide bonds. The van der Waals surface area contributed by atoms with Crippen molar-refractivity contribution in [3.8, 4) is 0 Å². The molecule has 0 aliphatic rings. The smallest absolute Gasteiger partial charge is 0.0469 e. The van der Waals surface area contributed by atoms with Crippen molar-refractivity contribution in [1.82, 2.24) is 4.98 Å². The molecule has 0 fully saturated rings. The van der Waals surface area contributed by atoms with Crippen LogP contribution in [0.25, 0.3) is 0 Å². The zero-order valence-electron chi connectivity index (χ0n) is 9.19. The second kappa shape index (κ2) is 8.38. The lowest BCUT2D eigenvalue weighted by Crippen LogP contribution is -2.03. The van der Waals surface area contributed by atoms with Gasteiger partial charge >= 0.3 is 0 Å². The number of rotatable bonds is 8. The molecule has 3 heteroatoms. The fourth-order valence-electron chi connectivity index (χ4n) is 1.37. The largest absolute Gasteiger partial charge is 0.381 e. The van der Waals surface area contributed by atoms with Crippen molar-refractivity contribution in [2.24, 2.45) is 5.73 Å². The molecule has 0 aromatic carbocycles. The zero-order valence-corrected chi connectivity index (χ0v) is 9.19. The van der Waals surface area contributed by atoms with Gasteiger partial charge in [-0.2, -0.15) is 0 Å². The predicted octanol–water partition coefficient (Wildman–Crippen LogP) is 1.77. The predicted molar refractivity (Wildman–Crippen MR) is 61.7 cm³/mol. The number of aryl methyl sites for hydroxylation is 1. The molecule has 1 heterocycles. The Morgan fingerprint density at radius 3 is 2.80 bits per heavy atom. The number of aromatic nitrogens is 1. The highest BCUT2D eigenvalue weighted by molar-refractivity contribution is 5.08. The van der Waals surface area contributed by atoms with E-state index in [2.05, 4.69) is 11.1 Å². The van der Waals surface area contributed by atoms with Crippen molar-refractivity contribution < 1.29 is 4.74 Å². The number of pyridine rings is 1. The molecule has 0 atom stereocenters. The average Bonchev–Trinajstić information content (AvgIpc) is 2.29. The molecule has 0 radical (unpaired) electrons. The van der Waals surface area contributed by atoms with Gasteiger partial charge in [0.2, 0.25) is 0 Å². The van der Waals surface area contributed by atoms with E-state index in [1.165, 1.54) is 5.56 Å².